The summed E-state index contributed by atoms with van der Waals surface area (Å²) >= 11 is 0. The van der Waals surface area contributed by atoms with Crippen LogP contribution in [0.1, 0.15) is 12.0 Å². The van der Waals surface area contributed by atoms with E-state index >= 15 is 0 Å². The van der Waals surface area contributed by atoms with Crippen LogP contribution < -0.4 is 10.6 Å². The molecule has 0 saturated carbocycles. The molecule has 2 aromatic rings. The summed E-state index contributed by atoms with van der Waals surface area (Å²) in [6.45, 7) is 1.19. The number of ether oxygens (including phenoxy) is 1. The van der Waals surface area contributed by atoms with Crippen molar-refractivity contribution in [2.24, 2.45) is 0 Å². The lowest BCUT2D eigenvalue weighted by molar-refractivity contribution is -0.127. The molecular formula is C19H21N3O3. The summed E-state index contributed by atoms with van der Waals surface area (Å²) in [5, 5.41) is 5.23. The van der Waals surface area contributed by atoms with E-state index in [9.17, 15) is 9.59 Å². The fourth-order valence-electron chi connectivity index (χ4n) is 1.94. The average Bonchev–Trinajstić information content (AvgIpc) is 3.12. The lowest BCUT2D eigenvalue weighted by Gasteiger charge is -2.23. The quantitative estimate of drug-likeness (QED) is 0.824. The Morgan fingerprint density at radius 3 is 2.16 bits per heavy atom. The standard InChI is InChI=1S/C10H10N2O.C6H6.C3H5NO2/c13-10-6-9(12-10)4-3-8-2-1-5-11-7-8;1-2-4-6-5-3-1;5-3-4-1-2-6-3/h1-5,7,9H,6H2,(H,12,13);1-6H;1-2H2,(H,4,5)/b4-3+;;/t9-;;/m1../s1. The first-order valence-corrected chi connectivity index (χ1v) is 8.02. The van der Waals surface area contributed by atoms with Gasteiger partial charge in [0.1, 0.15) is 6.61 Å². The van der Waals surface area contributed by atoms with Gasteiger partial charge in [-0.2, -0.15) is 0 Å². The number of nitrogens with zero attached hydrogens (tertiary/aromatic N) is 1. The number of hydrogen-bond acceptors (Lipinski definition) is 4. The number of benzene rings is 1. The molecule has 6 heteroatoms. The Balaban J connectivity index is 0.000000156. The second kappa shape index (κ2) is 10.6. The molecule has 0 aliphatic carbocycles. The molecule has 0 bridgehead atoms. The Hall–Kier alpha value is -3.15. The molecule has 2 saturated heterocycles. The van der Waals surface area contributed by atoms with Crippen molar-refractivity contribution < 1.29 is 14.3 Å². The van der Waals surface area contributed by atoms with Gasteiger partial charge in [0.15, 0.2) is 0 Å². The SMILES string of the molecule is O=C1C[C@@H](/C=C/c2cccnc2)N1.O=C1NCCO1.c1ccccc1. The van der Waals surface area contributed by atoms with Gasteiger partial charge in [-0.15, -0.1) is 0 Å². The molecule has 130 valence electrons. The third-order valence-electron chi connectivity index (χ3n) is 3.23. The molecular weight excluding hydrogens is 318 g/mol. The summed E-state index contributed by atoms with van der Waals surface area (Å²) in [7, 11) is 0. The summed E-state index contributed by atoms with van der Waals surface area (Å²) in [5.74, 6) is 0.126. The molecule has 4 rings (SSSR count). The number of carbonyl (C=O) groups excluding carboxylic acids is 2. The minimum atomic E-state index is -0.296. The highest BCUT2D eigenvalue weighted by atomic mass is 16.6. The number of carbonyl (C=O) groups is 2. The van der Waals surface area contributed by atoms with Crippen LogP contribution in [0.25, 0.3) is 6.08 Å². The zero-order chi connectivity index (χ0) is 17.7. The number of alkyl carbamates (subject to hydrolysis) is 1. The van der Waals surface area contributed by atoms with E-state index in [0.29, 0.717) is 19.6 Å². The largest absolute Gasteiger partial charge is 0.448 e. The Bertz CT molecular complexity index is 632. The molecule has 2 fully saturated rings. The van der Waals surface area contributed by atoms with Gasteiger partial charge in [-0.25, -0.2) is 4.79 Å². The molecule has 2 aliphatic rings. The predicted octanol–water partition coefficient (Wildman–Crippen LogP) is 2.40. The minimum Gasteiger partial charge on any atom is -0.448 e. The number of aromatic nitrogens is 1. The molecule has 0 spiro atoms. The molecule has 3 heterocycles. The molecule has 25 heavy (non-hydrogen) atoms. The average molecular weight is 339 g/mol. The summed E-state index contributed by atoms with van der Waals surface area (Å²) in [4.78, 5) is 24.5. The predicted molar refractivity (Wildman–Crippen MR) is 95.6 cm³/mol. The van der Waals surface area contributed by atoms with E-state index in [1.165, 1.54) is 0 Å². The van der Waals surface area contributed by atoms with Gasteiger partial charge in [-0.1, -0.05) is 54.6 Å². The molecule has 2 amide bonds. The first-order valence-electron chi connectivity index (χ1n) is 8.02. The number of hydrogen-bond donors (Lipinski definition) is 2. The van der Waals surface area contributed by atoms with E-state index < -0.39 is 0 Å². The van der Waals surface area contributed by atoms with Gasteiger partial charge in [-0.3, -0.25) is 9.78 Å². The lowest BCUT2D eigenvalue weighted by atomic mass is 10.1. The van der Waals surface area contributed by atoms with Crippen LogP contribution in [0, 0.1) is 0 Å². The van der Waals surface area contributed by atoms with E-state index in [4.69, 9.17) is 0 Å². The highest BCUT2D eigenvalue weighted by Gasteiger charge is 2.21. The lowest BCUT2D eigenvalue weighted by Crippen LogP contribution is -2.46. The molecule has 2 aliphatic heterocycles. The molecule has 0 radical (unpaired) electrons. The first-order chi connectivity index (χ1) is 12.2. The van der Waals surface area contributed by atoms with E-state index in [1.54, 1.807) is 12.4 Å². The monoisotopic (exact) mass is 339 g/mol. The fourth-order valence-corrected chi connectivity index (χ4v) is 1.94. The summed E-state index contributed by atoms with van der Waals surface area (Å²) in [5.41, 5.74) is 1.06. The maximum Gasteiger partial charge on any atom is 0.407 e. The van der Waals surface area contributed by atoms with Crippen molar-refractivity contribution in [3.63, 3.8) is 0 Å². The third kappa shape index (κ3) is 7.78. The van der Waals surface area contributed by atoms with Crippen LogP contribution in [0.5, 0.6) is 0 Å². The van der Waals surface area contributed by atoms with Gasteiger partial charge >= 0.3 is 6.09 Å². The molecule has 2 N–H and O–H groups in total. The zero-order valence-corrected chi connectivity index (χ0v) is 13.8. The number of cyclic esters (lactones) is 1. The smallest absolute Gasteiger partial charge is 0.407 e. The normalized spacial score (nSPS) is 17.7. The summed E-state index contributed by atoms with van der Waals surface area (Å²) < 4.78 is 4.40. The summed E-state index contributed by atoms with van der Waals surface area (Å²) in [6, 6.07) is 16.1. The first kappa shape index (κ1) is 18.2. The van der Waals surface area contributed by atoms with Crippen molar-refractivity contribution in [2.45, 2.75) is 12.5 Å². The van der Waals surface area contributed by atoms with Gasteiger partial charge in [0.2, 0.25) is 5.91 Å². The van der Waals surface area contributed by atoms with Gasteiger partial charge < -0.3 is 15.4 Å². The van der Waals surface area contributed by atoms with Gasteiger partial charge in [-0.05, 0) is 11.6 Å². The summed E-state index contributed by atoms with van der Waals surface area (Å²) in [6.07, 6.45) is 7.79. The van der Waals surface area contributed by atoms with E-state index in [1.807, 2.05) is 60.7 Å². The second-order valence-electron chi connectivity index (χ2n) is 5.24. The fraction of sp³-hybridized carbons (Fsp3) is 0.211. The third-order valence-corrected chi connectivity index (χ3v) is 3.23. The van der Waals surface area contributed by atoms with Crippen LogP contribution in [0.2, 0.25) is 0 Å². The number of β-lactam (4-membered cyclic amide) rings is 1. The Morgan fingerprint density at radius 2 is 1.76 bits per heavy atom. The molecule has 1 aromatic heterocycles. The van der Waals surface area contributed by atoms with Gasteiger partial charge in [0.25, 0.3) is 0 Å². The zero-order valence-electron chi connectivity index (χ0n) is 13.8. The topological polar surface area (TPSA) is 80.3 Å². The van der Waals surface area contributed by atoms with Gasteiger partial charge in [0, 0.05) is 12.4 Å². The maximum absolute atomic E-state index is 10.6. The molecule has 0 unspecified atom stereocenters. The van der Waals surface area contributed by atoms with Crippen LogP contribution in [-0.2, 0) is 9.53 Å². The van der Waals surface area contributed by atoms with Crippen LogP contribution >= 0.6 is 0 Å². The second-order valence-corrected chi connectivity index (χ2v) is 5.24. The Morgan fingerprint density at radius 1 is 1.08 bits per heavy atom. The number of rotatable bonds is 2. The van der Waals surface area contributed by atoms with Crippen LogP contribution in [0.4, 0.5) is 4.79 Å². The molecule has 1 atom stereocenters. The van der Waals surface area contributed by atoms with Crippen LogP contribution in [-0.4, -0.2) is 36.2 Å². The van der Waals surface area contributed by atoms with Crippen molar-refractivity contribution in [1.29, 1.82) is 0 Å². The number of nitrogens with one attached hydrogen (secondary N) is 2. The van der Waals surface area contributed by atoms with Crippen molar-refractivity contribution in [2.75, 3.05) is 13.2 Å². The van der Waals surface area contributed by atoms with Crippen molar-refractivity contribution in [1.82, 2.24) is 15.6 Å². The van der Waals surface area contributed by atoms with E-state index in [-0.39, 0.29) is 18.0 Å². The van der Waals surface area contributed by atoms with Crippen LogP contribution in [0.15, 0.2) is 67.0 Å². The van der Waals surface area contributed by atoms with Crippen molar-refractivity contribution >= 4 is 18.1 Å². The van der Waals surface area contributed by atoms with E-state index in [0.717, 1.165) is 5.56 Å². The highest BCUT2D eigenvalue weighted by Crippen LogP contribution is 2.08. The maximum atomic E-state index is 10.6. The highest BCUT2D eigenvalue weighted by molar-refractivity contribution is 5.84. The Labute approximate surface area is 146 Å². The number of amides is 2. The minimum absolute atomic E-state index is 0.126. The van der Waals surface area contributed by atoms with Gasteiger partial charge in [0.05, 0.1) is 19.0 Å². The van der Waals surface area contributed by atoms with Crippen molar-refractivity contribution in [3.05, 3.63) is 72.6 Å². The molecule has 6 nitrogen and oxygen atoms in total. The Kier molecular flexibility index (Phi) is 7.71. The van der Waals surface area contributed by atoms with Crippen LogP contribution in [0.3, 0.4) is 0 Å². The number of pyridine rings is 1. The molecule has 1 aromatic carbocycles. The van der Waals surface area contributed by atoms with E-state index in [2.05, 4.69) is 20.4 Å². The van der Waals surface area contributed by atoms with Crippen molar-refractivity contribution in [3.8, 4) is 0 Å².